The SMILES string of the molecule is COCc1ccccc1CNC(=O)c1ccc(CN2CCCC2=O)cc1. The summed E-state index contributed by atoms with van der Waals surface area (Å²) in [6.07, 6.45) is 1.58. The number of amides is 2. The van der Waals surface area contributed by atoms with Gasteiger partial charge >= 0.3 is 0 Å². The van der Waals surface area contributed by atoms with Crippen LogP contribution in [0.2, 0.25) is 0 Å². The zero-order chi connectivity index (χ0) is 18.4. The summed E-state index contributed by atoms with van der Waals surface area (Å²) >= 11 is 0. The van der Waals surface area contributed by atoms with E-state index in [9.17, 15) is 9.59 Å². The van der Waals surface area contributed by atoms with Gasteiger partial charge < -0.3 is 15.0 Å². The predicted molar refractivity (Wildman–Crippen MR) is 99.4 cm³/mol. The van der Waals surface area contributed by atoms with Gasteiger partial charge in [-0.1, -0.05) is 36.4 Å². The van der Waals surface area contributed by atoms with Crippen LogP contribution >= 0.6 is 0 Å². The Morgan fingerprint density at radius 1 is 1.12 bits per heavy atom. The normalized spacial score (nSPS) is 13.9. The van der Waals surface area contributed by atoms with Crippen molar-refractivity contribution in [2.24, 2.45) is 0 Å². The van der Waals surface area contributed by atoms with Crippen molar-refractivity contribution < 1.29 is 14.3 Å². The Balaban J connectivity index is 1.57. The third-order valence-electron chi connectivity index (χ3n) is 4.62. The fourth-order valence-electron chi connectivity index (χ4n) is 3.16. The maximum absolute atomic E-state index is 12.4. The molecule has 2 amide bonds. The van der Waals surface area contributed by atoms with Crippen LogP contribution in [0.3, 0.4) is 0 Å². The first kappa shape index (κ1) is 18.1. The molecule has 1 aliphatic rings. The highest BCUT2D eigenvalue weighted by Crippen LogP contribution is 2.15. The minimum atomic E-state index is -0.110. The van der Waals surface area contributed by atoms with E-state index < -0.39 is 0 Å². The van der Waals surface area contributed by atoms with Gasteiger partial charge in [-0.05, 0) is 35.2 Å². The molecule has 0 aliphatic carbocycles. The topological polar surface area (TPSA) is 58.6 Å². The Kier molecular flexibility index (Phi) is 6.02. The van der Waals surface area contributed by atoms with Crippen LogP contribution < -0.4 is 5.32 Å². The molecule has 0 aromatic heterocycles. The number of benzene rings is 2. The summed E-state index contributed by atoms with van der Waals surface area (Å²) in [6.45, 7) is 2.42. The largest absolute Gasteiger partial charge is 0.380 e. The molecule has 0 atom stereocenters. The zero-order valence-electron chi connectivity index (χ0n) is 15.0. The van der Waals surface area contributed by atoms with E-state index in [-0.39, 0.29) is 11.8 Å². The highest BCUT2D eigenvalue weighted by molar-refractivity contribution is 5.94. The quantitative estimate of drug-likeness (QED) is 0.834. The van der Waals surface area contributed by atoms with Crippen LogP contribution in [-0.2, 0) is 29.2 Å². The summed E-state index contributed by atoms with van der Waals surface area (Å²) in [7, 11) is 1.66. The molecule has 1 N–H and O–H groups in total. The first-order valence-electron chi connectivity index (χ1n) is 8.88. The van der Waals surface area contributed by atoms with Crippen LogP contribution in [0.1, 0.15) is 39.9 Å². The number of nitrogens with zero attached hydrogens (tertiary/aromatic N) is 1. The van der Waals surface area contributed by atoms with Crippen LogP contribution in [0.25, 0.3) is 0 Å². The molecule has 0 radical (unpaired) electrons. The Morgan fingerprint density at radius 3 is 2.50 bits per heavy atom. The average Bonchev–Trinajstić information content (AvgIpc) is 3.06. The zero-order valence-corrected chi connectivity index (χ0v) is 15.0. The van der Waals surface area contributed by atoms with Crippen molar-refractivity contribution in [3.8, 4) is 0 Å². The second kappa shape index (κ2) is 8.63. The lowest BCUT2D eigenvalue weighted by Crippen LogP contribution is -2.24. The van der Waals surface area contributed by atoms with Crippen LogP contribution in [0.5, 0.6) is 0 Å². The summed E-state index contributed by atoms with van der Waals surface area (Å²) in [5.74, 6) is 0.0996. The summed E-state index contributed by atoms with van der Waals surface area (Å²) in [4.78, 5) is 26.0. The summed E-state index contributed by atoms with van der Waals surface area (Å²) in [5.41, 5.74) is 3.78. The molecule has 1 heterocycles. The van der Waals surface area contributed by atoms with Gasteiger partial charge in [0.1, 0.15) is 0 Å². The molecule has 1 saturated heterocycles. The fraction of sp³-hybridized carbons (Fsp3) is 0.333. The molecular formula is C21H24N2O3. The van der Waals surface area contributed by atoms with Crippen molar-refractivity contribution in [1.82, 2.24) is 10.2 Å². The van der Waals surface area contributed by atoms with E-state index in [2.05, 4.69) is 5.32 Å². The van der Waals surface area contributed by atoms with Crippen LogP contribution in [-0.4, -0.2) is 30.4 Å². The Morgan fingerprint density at radius 2 is 1.85 bits per heavy atom. The molecule has 1 aliphatic heterocycles. The fourth-order valence-corrected chi connectivity index (χ4v) is 3.16. The van der Waals surface area contributed by atoms with Gasteiger partial charge in [0.05, 0.1) is 6.61 Å². The van der Waals surface area contributed by atoms with Gasteiger partial charge in [0, 0.05) is 38.7 Å². The number of hydrogen-bond acceptors (Lipinski definition) is 3. The Hall–Kier alpha value is -2.66. The summed E-state index contributed by atoms with van der Waals surface area (Å²) in [6, 6.07) is 15.4. The lowest BCUT2D eigenvalue weighted by Gasteiger charge is -2.15. The summed E-state index contributed by atoms with van der Waals surface area (Å²) in [5, 5.41) is 2.95. The molecule has 2 aromatic rings. The molecule has 136 valence electrons. The van der Waals surface area contributed by atoms with Gasteiger partial charge in [0.2, 0.25) is 5.91 Å². The number of ether oxygens (including phenoxy) is 1. The van der Waals surface area contributed by atoms with Gasteiger partial charge in [0.15, 0.2) is 0 Å². The lowest BCUT2D eigenvalue weighted by molar-refractivity contribution is -0.128. The number of carbonyl (C=O) groups is 2. The standard InChI is InChI=1S/C21H24N2O3/c1-26-15-19-6-3-2-5-18(19)13-22-21(25)17-10-8-16(9-11-17)14-23-12-4-7-20(23)24/h2-3,5-6,8-11H,4,7,12-15H2,1H3,(H,22,25). The number of hydrogen-bond donors (Lipinski definition) is 1. The van der Waals surface area contributed by atoms with Crippen molar-refractivity contribution in [2.75, 3.05) is 13.7 Å². The molecule has 5 heteroatoms. The second-order valence-corrected chi connectivity index (χ2v) is 6.50. The third-order valence-corrected chi connectivity index (χ3v) is 4.62. The first-order valence-corrected chi connectivity index (χ1v) is 8.88. The maximum Gasteiger partial charge on any atom is 0.251 e. The van der Waals surface area contributed by atoms with E-state index in [1.807, 2.05) is 53.4 Å². The van der Waals surface area contributed by atoms with Crippen molar-refractivity contribution in [3.63, 3.8) is 0 Å². The van der Waals surface area contributed by atoms with Crippen molar-refractivity contribution >= 4 is 11.8 Å². The van der Waals surface area contributed by atoms with Gasteiger partial charge in [-0.3, -0.25) is 9.59 Å². The predicted octanol–water partition coefficient (Wildman–Crippen LogP) is 2.89. The first-order chi connectivity index (χ1) is 12.7. The molecule has 0 saturated carbocycles. The minimum absolute atomic E-state index is 0.110. The van der Waals surface area contributed by atoms with Crippen LogP contribution in [0, 0.1) is 0 Å². The monoisotopic (exact) mass is 352 g/mol. The molecule has 3 rings (SSSR count). The van der Waals surface area contributed by atoms with E-state index in [0.717, 1.165) is 29.7 Å². The number of rotatable bonds is 7. The van der Waals surface area contributed by atoms with Gasteiger partial charge in [-0.25, -0.2) is 0 Å². The Labute approximate surface area is 154 Å². The van der Waals surface area contributed by atoms with Crippen molar-refractivity contribution in [1.29, 1.82) is 0 Å². The molecule has 0 bridgehead atoms. The van der Waals surface area contributed by atoms with E-state index in [4.69, 9.17) is 4.74 Å². The highest BCUT2D eigenvalue weighted by atomic mass is 16.5. The molecule has 5 nitrogen and oxygen atoms in total. The van der Waals surface area contributed by atoms with E-state index in [1.165, 1.54) is 0 Å². The van der Waals surface area contributed by atoms with E-state index in [0.29, 0.717) is 31.7 Å². The van der Waals surface area contributed by atoms with Gasteiger partial charge in [-0.15, -0.1) is 0 Å². The van der Waals surface area contributed by atoms with Gasteiger partial charge in [0.25, 0.3) is 5.91 Å². The van der Waals surface area contributed by atoms with E-state index >= 15 is 0 Å². The molecule has 26 heavy (non-hydrogen) atoms. The lowest BCUT2D eigenvalue weighted by atomic mass is 10.1. The third kappa shape index (κ3) is 4.49. The molecule has 1 fully saturated rings. The maximum atomic E-state index is 12.4. The smallest absolute Gasteiger partial charge is 0.251 e. The summed E-state index contributed by atoms with van der Waals surface area (Å²) < 4.78 is 5.19. The molecule has 2 aromatic carbocycles. The van der Waals surface area contributed by atoms with E-state index in [1.54, 1.807) is 7.11 Å². The van der Waals surface area contributed by atoms with Crippen LogP contribution in [0.15, 0.2) is 48.5 Å². The van der Waals surface area contributed by atoms with Gasteiger partial charge in [-0.2, -0.15) is 0 Å². The highest BCUT2D eigenvalue weighted by Gasteiger charge is 2.20. The number of nitrogens with one attached hydrogen (secondary N) is 1. The average molecular weight is 352 g/mol. The second-order valence-electron chi connectivity index (χ2n) is 6.50. The number of carbonyl (C=O) groups excluding carboxylic acids is 2. The Bertz CT molecular complexity index is 771. The number of methoxy groups -OCH3 is 1. The van der Waals surface area contributed by atoms with Crippen molar-refractivity contribution in [2.45, 2.75) is 32.5 Å². The molecule has 0 spiro atoms. The molecular weight excluding hydrogens is 328 g/mol. The van der Waals surface area contributed by atoms with Crippen molar-refractivity contribution in [3.05, 3.63) is 70.8 Å². The minimum Gasteiger partial charge on any atom is -0.380 e. The van der Waals surface area contributed by atoms with Crippen LogP contribution in [0.4, 0.5) is 0 Å². The molecule has 0 unspecified atom stereocenters. The number of likely N-dealkylation sites (tertiary alicyclic amines) is 1.